The normalized spacial score (nSPS) is 12.6. The van der Waals surface area contributed by atoms with Crippen LogP contribution < -0.4 is 10.5 Å². The van der Waals surface area contributed by atoms with Gasteiger partial charge in [-0.3, -0.25) is 4.90 Å². The lowest BCUT2D eigenvalue weighted by atomic mass is 10.3. The highest BCUT2D eigenvalue weighted by atomic mass is 16.5. The molecule has 1 aromatic carbocycles. The van der Waals surface area contributed by atoms with E-state index < -0.39 is 6.10 Å². The Hall–Kier alpha value is -1.98. The summed E-state index contributed by atoms with van der Waals surface area (Å²) in [5.74, 6) is 2.37. The number of hydrogen-bond donors (Lipinski definition) is 2. The molecule has 1 atom stereocenters. The largest absolute Gasteiger partial charge is 0.489 e. The van der Waals surface area contributed by atoms with Gasteiger partial charge in [-0.1, -0.05) is 12.1 Å². The first-order chi connectivity index (χ1) is 10.0. The van der Waals surface area contributed by atoms with E-state index in [-0.39, 0.29) is 6.61 Å². The molecule has 0 saturated carbocycles. The summed E-state index contributed by atoms with van der Waals surface area (Å²) in [7, 11) is 1.93. The van der Waals surface area contributed by atoms with Gasteiger partial charge in [-0.05, 0) is 38.2 Å². The maximum atomic E-state index is 10.0. The van der Waals surface area contributed by atoms with Gasteiger partial charge in [-0.15, -0.1) is 0 Å². The average molecular weight is 290 g/mol. The van der Waals surface area contributed by atoms with Crippen LogP contribution in [0.5, 0.6) is 5.75 Å². The number of benzene rings is 1. The Morgan fingerprint density at radius 2 is 2.05 bits per heavy atom. The Balaban J connectivity index is 1.76. The number of anilines is 1. The van der Waals surface area contributed by atoms with Gasteiger partial charge in [-0.2, -0.15) is 0 Å². The number of nitrogens with zero attached hydrogens (tertiary/aromatic N) is 1. The van der Waals surface area contributed by atoms with Crippen LogP contribution in [0.4, 0.5) is 5.69 Å². The number of hydrogen-bond acceptors (Lipinski definition) is 5. The van der Waals surface area contributed by atoms with Gasteiger partial charge in [0.05, 0.1) is 12.2 Å². The Bertz CT molecular complexity index is 568. The minimum atomic E-state index is -0.592. The Morgan fingerprint density at radius 1 is 1.29 bits per heavy atom. The molecule has 5 heteroatoms. The molecule has 0 aliphatic heterocycles. The van der Waals surface area contributed by atoms with Crippen molar-refractivity contribution in [2.75, 3.05) is 25.9 Å². The van der Waals surface area contributed by atoms with E-state index in [9.17, 15) is 5.11 Å². The number of likely N-dealkylation sites (N-methyl/N-ethyl adjacent to an activating group) is 1. The molecule has 2 aromatic rings. The van der Waals surface area contributed by atoms with Gasteiger partial charge >= 0.3 is 0 Å². The zero-order valence-corrected chi connectivity index (χ0v) is 12.5. The van der Waals surface area contributed by atoms with Crippen LogP contribution in [0.25, 0.3) is 0 Å². The molecule has 0 saturated heterocycles. The van der Waals surface area contributed by atoms with Crippen molar-refractivity contribution in [3.8, 4) is 5.75 Å². The molecule has 1 heterocycles. The zero-order valence-electron chi connectivity index (χ0n) is 12.5. The van der Waals surface area contributed by atoms with Crippen LogP contribution >= 0.6 is 0 Å². The Labute approximate surface area is 124 Å². The fraction of sp³-hybridized carbons (Fsp3) is 0.375. The molecule has 2 rings (SSSR count). The van der Waals surface area contributed by atoms with Gasteiger partial charge in [-0.25, -0.2) is 0 Å². The van der Waals surface area contributed by atoms with E-state index in [1.54, 1.807) is 12.1 Å². The molecular formula is C16H22N2O3. The number of para-hydroxylation sites is 2. The second-order valence-electron chi connectivity index (χ2n) is 5.21. The summed E-state index contributed by atoms with van der Waals surface area (Å²) < 4.78 is 11.0. The number of nitrogens with two attached hydrogens (primary N) is 1. The van der Waals surface area contributed by atoms with Gasteiger partial charge in [0.2, 0.25) is 0 Å². The van der Waals surface area contributed by atoms with Gasteiger partial charge in [0.15, 0.2) is 0 Å². The highest BCUT2D eigenvalue weighted by Gasteiger charge is 2.11. The quantitative estimate of drug-likeness (QED) is 0.764. The third kappa shape index (κ3) is 4.81. The van der Waals surface area contributed by atoms with Crippen molar-refractivity contribution in [2.24, 2.45) is 0 Å². The van der Waals surface area contributed by atoms with E-state index >= 15 is 0 Å². The van der Waals surface area contributed by atoms with Crippen LogP contribution in [0.3, 0.4) is 0 Å². The molecule has 114 valence electrons. The SMILES string of the molecule is Cc1ccc(CN(C)CC(O)COc2ccccc2N)o1. The summed E-state index contributed by atoms with van der Waals surface area (Å²) in [6.45, 7) is 3.26. The third-order valence-corrected chi connectivity index (χ3v) is 3.09. The third-order valence-electron chi connectivity index (χ3n) is 3.09. The first kappa shape index (κ1) is 15.4. The topological polar surface area (TPSA) is 71.9 Å². The summed E-state index contributed by atoms with van der Waals surface area (Å²) >= 11 is 0. The smallest absolute Gasteiger partial charge is 0.142 e. The number of furan rings is 1. The maximum Gasteiger partial charge on any atom is 0.142 e. The van der Waals surface area contributed by atoms with Crippen molar-refractivity contribution in [1.29, 1.82) is 0 Å². The fourth-order valence-electron chi connectivity index (χ4n) is 2.11. The van der Waals surface area contributed by atoms with Crippen molar-refractivity contribution in [1.82, 2.24) is 4.90 Å². The van der Waals surface area contributed by atoms with E-state index in [0.717, 1.165) is 11.5 Å². The van der Waals surface area contributed by atoms with Crippen molar-refractivity contribution in [3.63, 3.8) is 0 Å². The van der Waals surface area contributed by atoms with Crippen molar-refractivity contribution in [3.05, 3.63) is 47.9 Å². The van der Waals surface area contributed by atoms with Crippen molar-refractivity contribution < 1.29 is 14.3 Å². The lowest BCUT2D eigenvalue weighted by molar-refractivity contribution is 0.0727. The second kappa shape index (κ2) is 7.15. The maximum absolute atomic E-state index is 10.0. The number of aryl methyl sites for hydroxylation is 1. The molecule has 1 unspecified atom stereocenters. The first-order valence-electron chi connectivity index (χ1n) is 6.94. The highest BCUT2D eigenvalue weighted by molar-refractivity contribution is 5.51. The number of aliphatic hydroxyl groups excluding tert-OH is 1. The molecule has 0 radical (unpaired) electrons. The number of aliphatic hydroxyl groups is 1. The lowest BCUT2D eigenvalue weighted by Gasteiger charge is -2.20. The van der Waals surface area contributed by atoms with E-state index in [2.05, 4.69) is 0 Å². The van der Waals surface area contributed by atoms with Crippen molar-refractivity contribution >= 4 is 5.69 Å². The second-order valence-corrected chi connectivity index (χ2v) is 5.21. The summed E-state index contributed by atoms with van der Waals surface area (Å²) in [5.41, 5.74) is 6.36. The van der Waals surface area contributed by atoms with Gasteiger partial charge < -0.3 is 20.0 Å². The summed E-state index contributed by atoms with van der Waals surface area (Å²) in [6, 6.07) is 11.1. The zero-order chi connectivity index (χ0) is 15.2. The van der Waals surface area contributed by atoms with E-state index in [1.165, 1.54) is 0 Å². The highest BCUT2D eigenvalue weighted by Crippen LogP contribution is 2.19. The van der Waals surface area contributed by atoms with Gasteiger partial charge in [0.1, 0.15) is 30.0 Å². The first-order valence-corrected chi connectivity index (χ1v) is 6.94. The van der Waals surface area contributed by atoms with Gasteiger partial charge in [0, 0.05) is 6.54 Å². The molecule has 3 N–H and O–H groups in total. The average Bonchev–Trinajstić information content (AvgIpc) is 2.83. The van der Waals surface area contributed by atoms with Crippen LogP contribution in [0, 0.1) is 6.92 Å². The van der Waals surface area contributed by atoms with Crippen molar-refractivity contribution in [2.45, 2.75) is 19.6 Å². The molecule has 0 aliphatic carbocycles. The number of rotatable bonds is 7. The number of ether oxygens (including phenoxy) is 1. The summed E-state index contributed by atoms with van der Waals surface area (Å²) in [6.07, 6.45) is -0.592. The van der Waals surface area contributed by atoms with Gasteiger partial charge in [0.25, 0.3) is 0 Å². The molecule has 0 bridgehead atoms. The molecule has 21 heavy (non-hydrogen) atoms. The predicted octanol–water partition coefficient (Wildman–Crippen LogP) is 2.04. The standard InChI is InChI=1S/C16H22N2O3/c1-12-7-8-14(21-12)10-18(2)9-13(19)11-20-16-6-4-3-5-15(16)17/h3-8,13,19H,9-11,17H2,1-2H3. The minimum Gasteiger partial charge on any atom is -0.489 e. The number of nitrogen functional groups attached to an aromatic ring is 1. The minimum absolute atomic E-state index is 0.204. The van der Waals surface area contributed by atoms with Crippen LogP contribution in [-0.2, 0) is 6.54 Å². The van der Waals surface area contributed by atoms with Crippen LogP contribution in [-0.4, -0.2) is 36.3 Å². The predicted molar refractivity (Wildman–Crippen MR) is 82.1 cm³/mol. The molecule has 0 fully saturated rings. The Kier molecular flexibility index (Phi) is 5.25. The summed E-state index contributed by atoms with van der Waals surface area (Å²) in [5, 5.41) is 10.0. The molecule has 0 aliphatic rings. The van der Waals surface area contributed by atoms with E-state index in [1.807, 2.05) is 43.1 Å². The van der Waals surface area contributed by atoms with E-state index in [4.69, 9.17) is 14.9 Å². The van der Waals surface area contributed by atoms with Crippen LogP contribution in [0.1, 0.15) is 11.5 Å². The molecule has 5 nitrogen and oxygen atoms in total. The molecule has 0 spiro atoms. The Morgan fingerprint density at radius 3 is 2.71 bits per heavy atom. The fourth-order valence-corrected chi connectivity index (χ4v) is 2.11. The van der Waals surface area contributed by atoms with E-state index in [0.29, 0.717) is 24.5 Å². The monoisotopic (exact) mass is 290 g/mol. The molecular weight excluding hydrogens is 268 g/mol. The van der Waals surface area contributed by atoms with Crippen LogP contribution in [0.2, 0.25) is 0 Å². The molecule has 1 aromatic heterocycles. The van der Waals surface area contributed by atoms with Crippen LogP contribution in [0.15, 0.2) is 40.8 Å². The lowest BCUT2D eigenvalue weighted by Crippen LogP contribution is -2.32. The summed E-state index contributed by atoms with van der Waals surface area (Å²) in [4.78, 5) is 1.99. The molecule has 0 amide bonds.